The van der Waals surface area contributed by atoms with Crippen molar-refractivity contribution in [2.45, 2.75) is 19.1 Å². The van der Waals surface area contributed by atoms with Crippen molar-refractivity contribution < 1.29 is 18.4 Å². The van der Waals surface area contributed by atoms with Crippen LogP contribution in [0.25, 0.3) is 0 Å². The van der Waals surface area contributed by atoms with E-state index in [0.29, 0.717) is 24.2 Å². The van der Waals surface area contributed by atoms with Crippen molar-refractivity contribution in [1.82, 2.24) is 4.90 Å². The lowest BCUT2D eigenvalue weighted by Gasteiger charge is -2.25. The minimum Gasteiger partial charge on any atom is -0.390 e. The molecule has 152 valence electrons. The predicted octanol–water partition coefficient (Wildman–Crippen LogP) is 4.80. The zero-order chi connectivity index (χ0) is 20.9. The summed E-state index contributed by atoms with van der Waals surface area (Å²) in [6.07, 6.45) is -0.0874. The van der Waals surface area contributed by atoms with Crippen LogP contribution in [0.4, 0.5) is 8.78 Å². The topological polar surface area (TPSA) is 41.9 Å². The Morgan fingerprint density at radius 2 is 1.60 bits per heavy atom. The van der Waals surface area contributed by atoms with Gasteiger partial charge in [-0.2, -0.15) is 0 Å². The minimum atomic E-state index is -0.573. The number of amides is 1. The first-order chi connectivity index (χ1) is 14.6. The van der Waals surface area contributed by atoms with Gasteiger partial charge in [0, 0.05) is 18.5 Å². The summed E-state index contributed by atoms with van der Waals surface area (Å²) in [5, 5.41) is 4.02. The van der Waals surface area contributed by atoms with Crippen LogP contribution in [0.1, 0.15) is 27.9 Å². The second-order valence-electron chi connectivity index (χ2n) is 7.10. The number of nitrogens with zero attached hydrogens (tertiary/aromatic N) is 2. The van der Waals surface area contributed by atoms with Gasteiger partial charge in [-0.05, 0) is 23.8 Å². The Bertz CT molecular complexity index is 1070. The van der Waals surface area contributed by atoms with E-state index >= 15 is 0 Å². The van der Waals surface area contributed by atoms with Crippen LogP contribution in [0.2, 0.25) is 0 Å². The summed E-state index contributed by atoms with van der Waals surface area (Å²) in [5.74, 6) is -1.37. The van der Waals surface area contributed by atoms with E-state index in [1.165, 1.54) is 23.1 Å². The number of hydrogen-bond donors (Lipinski definition) is 0. The Morgan fingerprint density at radius 3 is 2.33 bits per heavy atom. The number of rotatable bonds is 6. The zero-order valence-corrected chi connectivity index (χ0v) is 16.2. The van der Waals surface area contributed by atoms with Gasteiger partial charge in [-0.15, -0.1) is 0 Å². The summed E-state index contributed by atoms with van der Waals surface area (Å²) >= 11 is 0. The highest BCUT2D eigenvalue weighted by atomic mass is 19.1. The van der Waals surface area contributed by atoms with E-state index in [4.69, 9.17) is 4.84 Å². The molecule has 1 aliphatic rings. The Labute approximate surface area is 173 Å². The fourth-order valence-electron chi connectivity index (χ4n) is 3.45. The molecule has 6 heteroatoms. The van der Waals surface area contributed by atoms with E-state index in [9.17, 15) is 13.6 Å². The molecule has 0 aromatic heterocycles. The molecule has 3 aromatic carbocycles. The molecule has 0 radical (unpaired) electrons. The highest BCUT2D eigenvalue weighted by Gasteiger charge is 2.29. The van der Waals surface area contributed by atoms with Crippen LogP contribution in [0.5, 0.6) is 0 Å². The second kappa shape index (κ2) is 8.86. The normalized spacial score (nSPS) is 15.4. The maximum Gasteiger partial charge on any atom is 0.257 e. The van der Waals surface area contributed by atoms with Gasteiger partial charge < -0.3 is 9.74 Å². The number of halogens is 2. The Morgan fingerprint density at radius 1 is 0.933 bits per heavy atom. The quantitative estimate of drug-likeness (QED) is 0.590. The predicted molar refractivity (Wildman–Crippen MR) is 110 cm³/mol. The highest BCUT2D eigenvalue weighted by molar-refractivity contribution is 6.01. The van der Waals surface area contributed by atoms with E-state index in [1.54, 1.807) is 30.3 Å². The lowest BCUT2D eigenvalue weighted by atomic mass is 10.0. The molecular weight excluding hydrogens is 386 g/mol. The first kappa shape index (κ1) is 19.8. The summed E-state index contributed by atoms with van der Waals surface area (Å²) in [7, 11) is 0. The molecule has 3 aromatic rings. The molecule has 4 nitrogen and oxygen atoms in total. The number of hydrogen-bond acceptors (Lipinski definition) is 3. The average molecular weight is 406 g/mol. The van der Waals surface area contributed by atoms with E-state index in [-0.39, 0.29) is 17.9 Å². The van der Waals surface area contributed by atoms with Gasteiger partial charge in [-0.3, -0.25) is 4.79 Å². The Hall–Kier alpha value is -3.54. The number of benzene rings is 3. The Kier molecular flexibility index (Phi) is 5.84. The van der Waals surface area contributed by atoms with Gasteiger partial charge in [0.05, 0.1) is 17.8 Å². The van der Waals surface area contributed by atoms with Crippen LogP contribution in [0.15, 0.2) is 84.0 Å². The summed E-state index contributed by atoms with van der Waals surface area (Å²) in [6, 6.07) is 21.7. The van der Waals surface area contributed by atoms with Gasteiger partial charge in [0.15, 0.2) is 6.10 Å². The van der Waals surface area contributed by atoms with E-state index in [0.717, 1.165) is 5.56 Å². The maximum absolute atomic E-state index is 14.2. The van der Waals surface area contributed by atoms with Crippen molar-refractivity contribution >= 4 is 11.6 Å². The highest BCUT2D eigenvalue weighted by Crippen LogP contribution is 2.22. The molecular formula is C24H20F2N2O2. The fourth-order valence-corrected chi connectivity index (χ4v) is 3.45. The summed E-state index contributed by atoms with van der Waals surface area (Å²) in [4.78, 5) is 20.1. The van der Waals surface area contributed by atoms with E-state index in [1.807, 2.05) is 30.3 Å². The third-order valence-electron chi connectivity index (χ3n) is 4.95. The largest absolute Gasteiger partial charge is 0.390 e. The van der Waals surface area contributed by atoms with Crippen LogP contribution in [0, 0.1) is 11.6 Å². The second-order valence-corrected chi connectivity index (χ2v) is 7.10. The van der Waals surface area contributed by atoms with E-state index < -0.39 is 17.8 Å². The summed E-state index contributed by atoms with van der Waals surface area (Å²) in [6.45, 7) is 0.492. The van der Waals surface area contributed by atoms with Gasteiger partial charge in [0.1, 0.15) is 11.6 Å². The average Bonchev–Trinajstić information content (AvgIpc) is 3.22. The third kappa shape index (κ3) is 4.38. The molecule has 30 heavy (non-hydrogen) atoms. The van der Waals surface area contributed by atoms with Gasteiger partial charge in [0.2, 0.25) is 0 Å². The van der Waals surface area contributed by atoms with Gasteiger partial charge in [-0.1, -0.05) is 65.8 Å². The molecule has 0 aliphatic carbocycles. The lowest BCUT2D eigenvalue weighted by Crippen LogP contribution is -2.37. The molecule has 0 bridgehead atoms. The fraction of sp³-hybridized carbons (Fsp3) is 0.167. The molecule has 0 fully saturated rings. The van der Waals surface area contributed by atoms with E-state index in [2.05, 4.69) is 5.16 Å². The molecule has 1 aliphatic heterocycles. The minimum absolute atomic E-state index is 0.00155. The van der Waals surface area contributed by atoms with Gasteiger partial charge >= 0.3 is 0 Å². The summed E-state index contributed by atoms with van der Waals surface area (Å²) < 4.78 is 28.3. The SMILES string of the molecule is O=C(c1ccccc1F)N(Cc1ccccc1)CC1CC(c2ccccc2F)=NO1. The van der Waals surface area contributed by atoms with Gasteiger partial charge in [0.25, 0.3) is 5.91 Å². The Balaban J connectivity index is 1.53. The molecule has 1 heterocycles. The van der Waals surface area contributed by atoms with Crippen molar-refractivity contribution in [2.75, 3.05) is 6.54 Å². The van der Waals surface area contributed by atoms with Crippen LogP contribution in [0.3, 0.4) is 0 Å². The molecule has 4 rings (SSSR count). The number of carbonyl (C=O) groups excluding carboxylic acids is 1. The van der Waals surface area contributed by atoms with Crippen molar-refractivity contribution in [3.63, 3.8) is 0 Å². The van der Waals surface area contributed by atoms with Crippen LogP contribution in [-0.2, 0) is 11.4 Å². The smallest absolute Gasteiger partial charge is 0.257 e. The maximum atomic E-state index is 14.2. The first-order valence-corrected chi connectivity index (χ1v) is 9.67. The standard InChI is InChI=1S/C24H20F2N2O2/c25-21-12-6-4-10-19(21)23-14-18(30-27-23)16-28(15-17-8-2-1-3-9-17)24(29)20-11-5-7-13-22(20)26/h1-13,18H,14-16H2. The summed E-state index contributed by atoms with van der Waals surface area (Å²) in [5.41, 5.74) is 1.79. The number of oxime groups is 1. The molecule has 0 spiro atoms. The molecule has 1 atom stereocenters. The zero-order valence-electron chi connectivity index (χ0n) is 16.2. The molecule has 0 saturated carbocycles. The first-order valence-electron chi connectivity index (χ1n) is 9.67. The van der Waals surface area contributed by atoms with Crippen LogP contribution in [-0.4, -0.2) is 29.2 Å². The van der Waals surface area contributed by atoms with Crippen LogP contribution >= 0.6 is 0 Å². The molecule has 0 N–H and O–H groups in total. The van der Waals surface area contributed by atoms with Crippen molar-refractivity contribution in [3.8, 4) is 0 Å². The third-order valence-corrected chi connectivity index (χ3v) is 4.95. The van der Waals surface area contributed by atoms with Crippen molar-refractivity contribution in [3.05, 3.63) is 107 Å². The molecule has 1 unspecified atom stereocenters. The van der Waals surface area contributed by atoms with Crippen molar-refractivity contribution in [1.29, 1.82) is 0 Å². The molecule has 1 amide bonds. The number of carbonyl (C=O) groups is 1. The van der Waals surface area contributed by atoms with Crippen LogP contribution < -0.4 is 0 Å². The van der Waals surface area contributed by atoms with Gasteiger partial charge in [-0.25, -0.2) is 8.78 Å². The monoisotopic (exact) mass is 406 g/mol. The van der Waals surface area contributed by atoms with Crippen molar-refractivity contribution in [2.24, 2.45) is 5.16 Å². The lowest BCUT2D eigenvalue weighted by molar-refractivity contribution is 0.0402. The molecule has 0 saturated heterocycles.